The van der Waals surface area contributed by atoms with E-state index < -0.39 is 0 Å². The molecule has 23 heavy (non-hydrogen) atoms. The maximum Gasteiger partial charge on any atom is 0.275 e. The van der Waals surface area contributed by atoms with Crippen molar-refractivity contribution in [3.05, 3.63) is 75.6 Å². The van der Waals surface area contributed by atoms with Gasteiger partial charge in [-0.2, -0.15) is 0 Å². The highest BCUT2D eigenvalue weighted by atomic mass is 79.9. The maximum atomic E-state index is 13.6. The van der Waals surface area contributed by atoms with Crippen molar-refractivity contribution in [2.24, 2.45) is 4.99 Å². The Balaban J connectivity index is 1.71. The van der Waals surface area contributed by atoms with Gasteiger partial charge in [-0.3, -0.25) is 4.79 Å². The lowest BCUT2D eigenvalue weighted by atomic mass is 10.1. The number of aryl methyl sites for hydroxylation is 1. The lowest BCUT2D eigenvalue weighted by molar-refractivity contribution is -0.115. The first-order valence-corrected chi connectivity index (χ1v) is 8.01. The highest BCUT2D eigenvalue weighted by Crippen LogP contribution is 2.17. The minimum absolute atomic E-state index is 0.226. The zero-order valence-corrected chi connectivity index (χ0v) is 13.8. The minimum atomic E-state index is -0.233. The highest BCUT2D eigenvalue weighted by Gasteiger charge is 2.19. The van der Waals surface area contributed by atoms with E-state index in [1.807, 2.05) is 24.3 Å². The number of hydrogen-bond donors (Lipinski definition) is 1. The summed E-state index contributed by atoms with van der Waals surface area (Å²) in [6.07, 6.45) is 2.72. The van der Waals surface area contributed by atoms with Crippen molar-refractivity contribution in [1.29, 1.82) is 0 Å². The molecule has 3 rings (SSSR count). The van der Waals surface area contributed by atoms with Crippen LogP contribution < -0.4 is 5.32 Å². The van der Waals surface area contributed by atoms with Gasteiger partial charge >= 0.3 is 0 Å². The summed E-state index contributed by atoms with van der Waals surface area (Å²) in [7, 11) is 0. The zero-order chi connectivity index (χ0) is 16.2. The fraction of sp³-hybridized carbons (Fsp3) is 0.111. The summed E-state index contributed by atoms with van der Waals surface area (Å²) in [6.45, 7) is 0. The van der Waals surface area contributed by atoms with Crippen LogP contribution in [0.4, 0.5) is 4.39 Å². The first-order chi connectivity index (χ1) is 11.1. The normalized spacial score (nSPS) is 15.7. The number of benzene rings is 2. The van der Waals surface area contributed by atoms with Gasteiger partial charge < -0.3 is 5.32 Å². The number of amidine groups is 1. The third-order valence-corrected chi connectivity index (χ3v) is 4.04. The Hall–Kier alpha value is -2.27. The maximum absolute atomic E-state index is 13.6. The average molecular weight is 373 g/mol. The summed E-state index contributed by atoms with van der Waals surface area (Å²) in [5.41, 5.74) is 1.89. The molecule has 1 amide bonds. The van der Waals surface area contributed by atoms with Gasteiger partial charge in [-0.1, -0.05) is 46.3 Å². The van der Waals surface area contributed by atoms with E-state index in [1.165, 1.54) is 6.07 Å². The molecule has 2 aromatic carbocycles. The van der Waals surface area contributed by atoms with Crippen LogP contribution in [0.15, 0.2) is 63.7 Å². The SMILES string of the molecule is O=C1NC(CCc2ccccc2F)=N/C1=C/c1ccc(Br)cc1. The van der Waals surface area contributed by atoms with Gasteiger partial charge in [-0.15, -0.1) is 0 Å². The lowest BCUT2D eigenvalue weighted by Crippen LogP contribution is -2.24. The largest absolute Gasteiger partial charge is 0.309 e. The van der Waals surface area contributed by atoms with Crippen LogP contribution in [0.2, 0.25) is 0 Å². The lowest BCUT2D eigenvalue weighted by Gasteiger charge is -2.02. The van der Waals surface area contributed by atoms with Crippen LogP contribution in [-0.2, 0) is 11.2 Å². The van der Waals surface area contributed by atoms with Gasteiger partial charge in [0.25, 0.3) is 5.91 Å². The molecule has 0 atom stereocenters. The van der Waals surface area contributed by atoms with Crippen LogP contribution in [0, 0.1) is 5.82 Å². The number of hydrogen-bond acceptors (Lipinski definition) is 2. The van der Waals surface area contributed by atoms with Crippen LogP contribution in [-0.4, -0.2) is 11.7 Å². The molecule has 3 nitrogen and oxygen atoms in total. The standard InChI is InChI=1S/C18H14BrFN2O/c19-14-8-5-12(6-9-14)11-16-18(23)22-17(21-16)10-7-13-3-1-2-4-15(13)20/h1-6,8-9,11H,7,10H2,(H,21,22,23)/b16-11+. The molecule has 1 aliphatic rings. The third kappa shape index (κ3) is 3.93. The Kier molecular flexibility index (Phi) is 4.67. The van der Waals surface area contributed by atoms with Crippen molar-refractivity contribution >= 4 is 33.7 Å². The Morgan fingerprint density at radius 2 is 1.83 bits per heavy atom. The van der Waals surface area contributed by atoms with E-state index in [2.05, 4.69) is 26.2 Å². The molecule has 5 heteroatoms. The molecule has 0 saturated carbocycles. The Bertz CT molecular complexity index is 797. The molecule has 0 radical (unpaired) electrons. The quantitative estimate of drug-likeness (QED) is 0.806. The van der Waals surface area contributed by atoms with Crippen LogP contribution in [0.3, 0.4) is 0 Å². The molecule has 0 spiro atoms. The fourth-order valence-corrected chi connectivity index (χ4v) is 2.57. The fourth-order valence-electron chi connectivity index (χ4n) is 2.31. The number of amides is 1. The van der Waals surface area contributed by atoms with Gasteiger partial charge in [0.1, 0.15) is 17.3 Å². The molecule has 0 unspecified atom stereocenters. The molecule has 116 valence electrons. The highest BCUT2D eigenvalue weighted by molar-refractivity contribution is 9.10. The van der Waals surface area contributed by atoms with Crippen LogP contribution in [0.5, 0.6) is 0 Å². The molecule has 0 fully saturated rings. The number of nitrogens with one attached hydrogen (secondary N) is 1. The van der Waals surface area contributed by atoms with Crippen molar-refractivity contribution < 1.29 is 9.18 Å². The molecule has 0 bridgehead atoms. The molecule has 1 heterocycles. The van der Waals surface area contributed by atoms with Crippen molar-refractivity contribution in [2.75, 3.05) is 0 Å². The Morgan fingerprint density at radius 3 is 2.57 bits per heavy atom. The topological polar surface area (TPSA) is 41.5 Å². The molecule has 2 aromatic rings. The van der Waals surface area contributed by atoms with Crippen LogP contribution in [0.1, 0.15) is 17.5 Å². The number of carbonyl (C=O) groups excluding carboxylic acids is 1. The van der Waals surface area contributed by atoms with E-state index in [1.54, 1.807) is 24.3 Å². The molecular formula is C18H14BrFN2O. The number of rotatable bonds is 4. The van der Waals surface area contributed by atoms with E-state index in [0.717, 1.165) is 10.0 Å². The summed E-state index contributed by atoms with van der Waals surface area (Å²) in [6, 6.07) is 14.2. The van der Waals surface area contributed by atoms with Gasteiger partial charge in [-0.05, 0) is 41.8 Å². The van der Waals surface area contributed by atoms with Gasteiger partial charge in [0.05, 0.1) is 0 Å². The Labute approximate surface area is 142 Å². The molecule has 1 N–H and O–H groups in total. The van der Waals surface area contributed by atoms with Gasteiger partial charge in [0, 0.05) is 10.9 Å². The second-order valence-corrected chi connectivity index (χ2v) is 6.10. The second kappa shape index (κ2) is 6.87. The first-order valence-electron chi connectivity index (χ1n) is 7.21. The molecule has 0 saturated heterocycles. The number of carbonyl (C=O) groups is 1. The minimum Gasteiger partial charge on any atom is -0.309 e. The van der Waals surface area contributed by atoms with Crippen molar-refractivity contribution in [2.45, 2.75) is 12.8 Å². The number of nitrogens with zero attached hydrogens (tertiary/aromatic N) is 1. The average Bonchev–Trinajstić information content (AvgIpc) is 2.89. The summed E-state index contributed by atoms with van der Waals surface area (Å²) < 4.78 is 14.6. The molecule has 1 aliphatic heterocycles. The van der Waals surface area contributed by atoms with E-state index in [4.69, 9.17) is 0 Å². The van der Waals surface area contributed by atoms with Gasteiger partial charge in [0.15, 0.2) is 0 Å². The monoisotopic (exact) mass is 372 g/mol. The number of halogens is 2. The van der Waals surface area contributed by atoms with E-state index in [0.29, 0.717) is 29.9 Å². The van der Waals surface area contributed by atoms with E-state index >= 15 is 0 Å². The summed E-state index contributed by atoms with van der Waals surface area (Å²) >= 11 is 3.37. The summed E-state index contributed by atoms with van der Waals surface area (Å²) in [5, 5.41) is 2.74. The van der Waals surface area contributed by atoms with Crippen molar-refractivity contribution in [3.63, 3.8) is 0 Å². The zero-order valence-electron chi connectivity index (χ0n) is 12.2. The summed E-state index contributed by atoms with van der Waals surface area (Å²) in [5.74, 6) is 0.112. The van der Waals surface area contributed by atoms with Gasteiger partial charge in [-0.25, -0.2) is 9.38 Å². The molecular weight excluding hydrogens is 359 g/mol. The van der Waals surface area contributed by atoms with E-state index in [-0.39, 0.29) is 11.7 Å². The molecule has 0 aliphatic carbocycles. The van der Waals surface area contributed by atoms with Crippen molar-refractivity contribution in [1.82, 2.24) is 5.32 Å². The predicted molar refractivity (Wildman–Crippen MR) is 92.4 cm³/mol. The second-order valence-electron chi connectivity index (χ2n) is 5.19. The predicted octanol–water partition coefficient (Wildman–Crippen LogP) is 4.09. The van der Waals surface area contributed by atoms with Crippen LogP contribution in [0.25, 0.3) is 6.08 Å². The van der Waals surface area contributed by atoms with Crippen LogP contribution >= 0.6 is 15.9 Å². The van der Waals surface area contributed by atoms with Gasteiger partial charge in [0.2, 0.25) is 0 Å². The van der Waals surface area contributed by atoms with E-state index in [9.17, 15) is 9.18 Å². The first kappa shape index (κ1) is 15.6. The number of aliphatic imine (C=N–C) groups is 1. The molecule has 0 aromatic heterocycles. The summed E-state index contributed by atoms with van der Waals surface area (Å²) in [4.78, 5) is 16.3. The Morgan fingerprint density at radius 1 is 1.09 bits per heavy atom. The third-order valence-electron chi connectivity index (χ3n) is 3.51. The smallest absolute Gasteiger partial charge is 0.275 e. The van der Waals surface area contributed by atoms with Crippen molar-refractivity contribution in [3.8, 4) is 0 Å².